The van der Waals surface area contributed by atoms with Crippen molar-refractivity contribution >= 4 is 48.7 Å². The number of halogens is 1. The summed E-state index contributed by atoms with van der Waals surface area (Å²) in [5.74, 6) is 0. The Morgan fingerprint density at radius 2 is 2.06 bits per heavy atom. The quantitative estimate of drug-likeness (QED) is 0.717. The van der Waals surface area contributed by atoms with Crippen LogP contribution in [-0.2, 0) is 6.42 Å². The van der Waals surface area contributed by atoms with E-state index in [2.05, 4.69) is 57.7 Å². The molecule has 0 aliphatic heterocycles. The molecule has 18 heavy (non-hydrogen) atoms. The van der Waals surface area contributed by atoms with E-state index < -0.39 is 0 Å². The normalized spacial score (nSPS) is 13.0. The molecule has 2 heterocycles. The average molecular weight is 338 g/mol. The Hall–Kier alpha value is -0.680. The second kappa shape index (κ2) is 5.13. The molecule has 0 saturated carbocycles. The van der Waals surface area contributed by atoms with E-state index in [9.17, 15) is 0 Å². The van der Waals surface area contributed by atoms with Gasteiger partial charge in [0, 0.05) is 36.8 Å². The van der Waals surface area contributed by atoms with Crippen LogP contribution in [0.3, 0.4) is 0 Å². The van der Waals surface area contributed by atoms with Crippen LogP contribution in [0.1, 0.15) is 15.8 Å². The van der Waals surface area contributed by atoms with Gasteiger partial charge in [-0.2, -0.15) is 0 Å². The lowest BCUT2D eigenvalue weighted by Crippen LogP contribution is -2.10. The van der Waals surface area contributed by atoms with Crippen molar-refractivity contribution in [1.82, 2.24) is 0 Å². The Balaban J connectivity index is 1.85. The summed E-state index contributed by atoms with van der Waals surface area (Å²) < 4.78 is 2.46. The minimum atomic E-state index is 0.0907. The molecule has 0 aliphatic carbocycles. The largest absolute Gasteiger partial charge is 0.323 e. The van der Waals surface area contributed by atoms with E-state index in [1.54, 1.807) is 22.7 Å². The molecular weight excluding hydrogens is 326 g/mol. The van der Waals surface area contributed by atoms with Crippen LogP contribution in [0, 0.1) is 0 Å². The van der Waals surface area contributed by atoms with Crippen LogP contribution in [0.15, 0.2) is 46.3 Å². The average Bonchev–Trinajstić information content (AvgIpc) is 2.95. The summed E-state index contributed by atoms with van der Waals surface area (Å²) in [5.41, 5.74) is 6.30. The Kier molecular flexibility index (Phi) is 3.52. The van der Waals surface area contributed by atoms with E-state index in [1.807, 2.05) is 0 Å². The highest BCUT2D eigenvalue weighted by Gasteiger charge is 2.11. The van der Waals surface area contributed by atoms with Gasteiger partial charge in [0.2, 0.25) is 0 Å². The third-order valence-electron chi connectivity index (χ3n) is 2.85. The van der Waals surface area contributed by atoms with E-state index in [4.69, 9.17) is 5.73 Å². The molecule has 2 N–H and O–H groups in total. The highest BCUT2D eigenvalue weighted by atomic mass is 79.9. The molecule has 1 atom stereocenters. The molecule has 0 amide bonds. The van der Waals surface area contributed by atoms with Crippen molar-refractivity contribution in [2.75, 3.05) is 0 Å². The van der Waals surface area contributed by atoms with Crippen molar-refractivity contribution in [3.8, 4) is 0 Å². The van der Waals surface area contributed by atoms with Gasteiger partial charge < -0.3 is 5.73 Å². The molecule has 0 aliphatic rings. The van der Waals surface area contributed by atoms with Crippen molar-refractivity contribution in [3.05, 3.63) is 56.0 Å². The summed E-state index contributed by atoms with van der Waals surface area (Å²) in [7, 11) is 0. The number of thiophene rings is 2. The van der Waals surface area contributed by atoms with Crippen molar-refractivity contribution in [2.45, 2.75) is 12.5 Å². The van der Waals surface area contributed by atoms with Gasteiger partial charge in [-0.15, -0.1) is 22.7 Å². The first-order chi connectivity index (χ1) is 8.72. The lowest BCUT2D eigenvalue weighted by Gasteiger charge is -2.06. The Labute approximate surface area is 122 Å². The molecule has 3 rings (SSSR count). The fourth-order valence-corrected chi connectivity index (χ4v) is 4.54. The summed E-state index contributed by atoms with van der Waals surface area (Å²) in [4.78, 5) is 2.59. The first-order valence-corrected chi connectivity index (χ1v) is 8.18. The van der Waals surface area contributed by atoms with Crippen LogP contribution in [0.2, 0.25) is 0 Å². The van der Waals surface area contributed by atoms with Crippen molar-refractivity contribution < 1.29 is 0 Å². The van der Waals surface area contributed by atoms with Crippen LogP contribution < -0.4 is 5.73 Å². The van der Waals surface area contributed by atoms with Gasteiger partial charge in [-0.3, -0.25) is 0 Å². The minimum Gasteiger partial charge on any atom is -0.323 e. The zero-order valence-corrected chi connectivity index (χ0v) is 12.8. The molecule has 1 aromatic carbocycles. The van der Waals surface area contributed by atoms with E-state index in [0.717, 1.165) is 10.9 Å². The lowest BCUT2D eigenvalue weighted by atomic mass is 10.1. The first kappa shape index (κ1) is 12.4. The fraction of sp³-hybridized carbons (Fsp3) is 0.143. The predicted molar refractivity (Wildman–Crippen MR) is 84.5 cm³/mol. The zero-order valence-electron chi connectivity index (χ0n) is 9.60. The fourth-order valence-electron chi connectivity index (χ4n) is 1.96. The maximum atomic E-state index is 6.30. The van der Waals surface area contributed by atoms with Crippen molar-refractivity contribution in [3.63, 3.8) is 0 Å². The first-order valence-electron chi connectivity index (χ1n) is 5.69. The van der Waals surface area contributed by atoms with E-state index in [-0.39, 0.29) is 6.04 Å². The van der Waals surface area contributed by atoms with Crippen molar-refractivity contribution in [1.29, 1.82) is 0 Å². The molecule has 1 nitrogen and oxygen atoms in total. The number of rotatable bonds is 3. The lowest BCUT2D eigenvalue weighted by molar-refractivity contribution is 0.746. The zero-order chi connectivity index (χ0) is 12.5. The Bertz CT molecular complexity index is 638. The summed E-state index contributed by atoms with van der Waals surface area (Å²) in [6.07, 6.45) is 0.906. The summed E-state index contributed by atoms with van der Waals surface area (Å²) >= 11 is 7.04. The standard InChI is InChI=1S/C14H12BrNS2/c15-10-6-11(17-8-10)7-12(16)14-5-9-3-1-2-4-13(9)18-14/h1-6,8,12H,7,16H2. The topological polar surface area (TPSA) is 26.0 Å². The minimum absolute atomic E-state index is 0.0907. The monoisotopic (exact) mass is 337 g/mol. The van der Waals surface area contributed by atoms with Crippen LogP contribution in [0.25, 0.3) is 10.1 Å². The van der Waals surface area contributed by atoms with Gasteiger partial charge in [-0.25, -0.2) is 0 Å². The third kappa shape index (κ3) is 2.52. The maximum absolute atomic E-state index is 6.30. The third-order valence-corrected chi connectivity index (χ3v) is 5.82. The molecule has 0 radical (unpaired) electrons. The molecule has 0 spiro atoms. The molecule has 0 bridgehead atoms. The SMILES string of the molecule is NC(Cc1cc(Br)cs1)c1cc2ccccc2s1. The van der Waals surface area contributed by atoms with Gasteiger partial charge in [-0.05, 0) is 39.5 Å². The summed E-state index contributed by atoms with van der Waals surface area (Å²) in [6, 6.07) is 12.9. The number of nitrogens with two attached hydrogens (primary N) is 1. The second-order valence-electron chi connectivity index (χ2n) is 4.23. The Morgan fingerprint density at radius 3 is 2.78 bits per heavy atom. The number of hydrogen-bond acceptors (Lipinski definition) is 3. The molecular formula is C14H12BrNS2. The highest BCUT2D eigenvalue weighted by molar-refractivity contribution is 9.10. The van der Waals surface area contributed by atoms with Gasteiger partial charge >= 0.3 is 0 Å². The summed E-state index contributed by atoms with van der Waals surface area (Å²) in [5, 5.41) is 3.40. The smallest absolute Gasteiger partial charge is 0.0438 e. The number of benzene rings is 1. The highest BCUT2D eigenvalue weighted by Crippen LogP contribution is 2.31. The van der Waals surface area contributed by atoms with E-state index in [1.165, 1.54) is 19.8 Å². The molecule has 0 saturated heterocycles. The number of hydrogen-bond donors (Lipinski definition) is 1. The van der Waals surface area contributed by atoms with Crippen LogP contribution in [0.5, 0.6) is 0 Å². The van der Waals surface area contributed by atoms with Gasteiger partial charge in [0.15, 0.2) is 0 Å². The van der Waals surface area contributed by atoms with Gasteiger partial charge in [-0.1, -0.05) is 18.2 Å². The van der Waals surface area contributed by atoms with Gasteiger partial charge in [0.25, 0.3) is 0 Å². The van der Waals surface area contributed by atoms with Crippen LogP contribution >= 0.6 is 38.6 Å². The molecule has 92 valence electrons. The molecule has 3 aromatic rings. The predicted octanol–water partition coefficient (Wildman–Crippen LogP) is 4.97. The molecule has 2 aromatic heterocycles. The maximum Gasteiger partial charge on any atom is 0.0438 e. The van der Waals surface area contributed by atoms with Crippen molar-refractivity contribution in [2.24, 2.45) is 5.73 Å². The molecule has 4 heteroatoms. The summed E-state index contributed by atoms with van der Waals surface area (Å²) in [6.45, 7) is 0. The van der Waals surface area contributed by atoms with Gasteiger partial charge in [0.1, 0.15) is 0 Å². The van der Waals surface area contributed by atoms with Gasteiger partial charge in [0.05, 0.1) is 0 Å². The second-order valence-corrected chi connectivity index (χ2v) is 7.26. The number of fused-ring (bicyclic) bond motifs is 1. The molecule has 1 unspecified atom stereocenters. The van der Waals surface area contributed by atoms with E-state index in [0.29, 0.717) is 0 Å². The molecule has 0 fully saturated rings. The van der Waals surface area contributed by atoms with Crippen LogP contribution in [0.4, 0.5) is 0 Å². The van der Waals surface area contributed by atoms with E-state index >= 15 is 0 Å². The Morgan fingerprint density at radius 1 is 1.22 bits per heavy atom. The van der Waals surface area contributed by atoms with Crippen LogP contribution in [-0.4, -0.2) is 0 Å².